The Labute approximate surface area is 126 Å². The van der Waals surface area contributed by atoms with Gasteiger partial charge in [-0.3, -0.25) is 0 Å². The van der Waals surface area contributed by atoms with Crippen LogP contribution in [0.25, 0.3) is 0 Å². The Morgan fingerprint density at radius 3 is 1.89 bits per heavy atom. The molecule has 19 heavy (non-hydrogen) atoms. The lowest BCUT2D eigenvalue weighted by Crippen LogP contribution is -2.27. The summed E-state index contributed by atoms with van der Waals surface area (Å²) in [5.41, 5.74) is 1.80. The second-order valence-electron chi connectivity index (χ2n) is 7.30. The van der Waals surface area contributed by atoms with Crippen molar-refractivity contribution in [1.82, 2.24) is 0 Å². The molecule has 1 unspecified atom stereocenters. The maximum Gasteiger partial charge on any atom is 0.119 e. The van der Waals surface area contributed by atoms with E-state index < -0.39 is 0 Å². The van der Waals surface area contributed by atoms with Crippen molar-refractivity contribution in [1.29, 1.82) is 0 Å². The fourth-order valence-corrected chi connectivity index (χ4v) is 2.93. The van der Waals surface area contributed by atoms with E-state index in [0.717, 1.165) is 17.7 Å². The van der Waals surface area contributed by atoms with Crippen molar-refractivity contribution in [3.63, 3.8) is 0 Å². The first-order valence-electron chi connectivity index (χ1n) is 6.94. The highest BCUT2D eigenvalue weighted by Gasteiger charge is 2.24. The predicted octanol–water partition coefficient (Wildman–Crippen LogP) is 5.42. The highest BCUT2D eigenvalue weighted by Crippen LogP contribution is 2.29. The van der Waals surface area contributed by atoms with E-state index in [0.29, 0.717) is 5.92 Å². The van der Waals surface area contributed by atoms with Gasteiger partial charge < -0.3 is 4.74 Å². The third kappa shape index (κ3) is 5.18. The van der Waals surface area contributed by atoms with Crippen LogP contribution in [0.4, 0.5) is 0 Å². The van der Waals surface area contributed by atoms with Gasteiger partial charge in [-0.05, 0) is 28.5 Å². The molecule has 0 heterocycles. The van der Waals surface area contributed by atoms with E-state index in [1.165, 1.54) is 5.56 Å². The molecule has 1 aromatic rings. The molecule has 0 bridgehead atoms. The van der Waals surface area contributed by atoms with Gasteiger partial charge in [-0.2, -0.15) is 0 Å². The summed E-state index contributed by atoms with van der Waals surface area (Å²) in [6.45, 7) is 14.2. The number of alkyl halides is 1. The van der Waals surface area contributed by atoms with Gasteiger partial charge in [0, 0.05) is 11.2 Å². The highest BCUT2D eigenvalue weighted by molar-refractivity contribution is 9.09. The van der Waals surface area contributed by atoms with Gasteiger partial charge >= 0.3 is 0 Å². The predicted molar refractivity (Wildman–Crippen MR) is 87.4 cm³/mol. The van der Waals surface area contributed by atoms with Crippen LogP contribution in [-0.4, -0.2) is 11.9 Å². The van der Waals surface area contributed by atoms with Crippen LogP contribution in [0.2, 0.25) is 0 Å². The van der Waals surface area contributed by atoms with Crippen LogP contribution in [0.1, 0.15) is 47.1 Å². The van der Waals surface area contributed by atoms with Gasteiger partial charge in [-0.15, -0.1) is 0 Å². The summed E-state index contributed by atoms with van der Waals surface area (Å²) in [5, 5.41) is 0.969. The van der Waals surface area contributed by atoms with Crippen molar-refractivity contribution < 1.29 is 4.74 Å². The standard InChI is InChI=1S/C17H27BrO/c1-16(2,3)13-7-9-15(10-8-13)19-12-14(11-18)17(4,5)6/h7-10,14H,11-12H2,1-6H3. The zero-order valence-corrected chi connectivity index (χ0v) is 14.7. The minimum atomic E-state index is 0.197. The maximum atomic E-state index is 5.92. The highest BCUT2D eigenvalue weighted by atomic mass is 79.9. The molecule has 0 saturated carbocycles. The lowest BCUT2D eigenvalue weighted by Gasteiger charge is -2.29. The molecule has 0 aliphatic rings. The molecule has 2 heteroatoms. The fourth-order valence-electron chi connectivity index (χ4n) is 1.77. The second-order valence-corrected chi connectivity index (χ2v) is 7.95. The molecule has 0 amide bonds. The second kappa shape index (κ2) is 6.30. The number of ether oxygens (including phenoxy) is 1. The van der Waals surface area contributed by atoms with Gasteiger partial charge in [0.15, 0.2) is 0 Å². The molecule has 0 aliphatic carbocycles. The van der Waals surface area contributed by atoms with Gasteiger partial charge in [-0.25, -0.2) is 0 Å². The summed E-state index contributed by atoms with van der Waals surface area (Å²) in [6.07, 6.45) is 0. The Morgan fingerprint density at radius 2 is 1.53 bits per heavy atom. The summed E-state index contributed by atoms with van der Waals surface area (Å²) in [4.78, 5) is 0. The molecule has 0 spiro atoms. The molecule has 0 saturated heterocycles. The zero-order chi connectivity index (χ0) is 14.7. The molecule has 108 valence electrons. The quantitative estimate of drug-likeness (QED) is 0.671. The van der Waals surface area contributed by atoms with Gasteiger partial charge in [0.25, 0.3) is 0 Å². The van der Waals surface area contributed by atoms with Crippen molar-refractivity contribution in [2.45, 2.75) is 47.0 Å². The average Bonchev–Trinajstić information content (AvgIpc) is 2.27. The summed E-state index contributed by atoms with van der Waals surface area (Å²) >= 11 is 3.58. The first kappa shape index (κ1) is 16.6. The summed E-state index contributed by atoms with van der Waals surface area (Å²) < 4.78 is 5.92. The first-order chi connectivity index (χ1) is 8.64. The van der Waals surface area contributed by atoms with Crippen LogP contribution in [0, 0.1) is 11.3 Å². The third-order valence-corrected chi connectivity index (χ3v) is 4.36. The Kier molecular flexibility index (Phi) is 5.49. The van der Waals surface area contributed by atoms with E-state index >= 15 is 0 Å². The number of hydrogen-bond acceptors (Lipinski definition) is 1. The van der Waals surface area contributed by atoms with E-state index in [-0.39, 0.29) is 10.8 Å². The van der Waals surface area contributed by atoms with Crippen molar-refractivity contribution >= 4 is 15.9 Å². The van der Waals surface area contributed by atoms with E-state index in [4.69, 9.17) is 4.74 Å². The van der Waals surface area contributed by atoms with Crippen LogP contribution in [0.15, 0.2) is 24.3 Å². The van der Waals surface area contributed by atoms with Crippen molar-refractivity contribution in [2.24, 2.45) is 11.3 Å². The van der Waals surface area contributed by atoms with Gasteiger partial charge in [0.05, 0.1) is 6.61 Å². The van der Waals surface area contributed by atoms with Crippen molar-refractivity contribution in [3.05, 3.63) is 29.8 Å². The molecule has 0 fully saturated rings. The SMILES string of the molecule is CC(C)(C)c1ccc(OCC(CBr)C(C)(C)C)cc1. The first-order valence-corrected chi connectivity index (χ1v) is 8.06. The Morgan fingerprint density at radius 1 is 1.00 bits per heavy atom. The molecule has 1 rings (SSSR count). The zero-order valence-electron chi connectivity index (χ0n) is 13.1. The molecule has 0 aromatic heterocycles. The third-order valence-electron chi connectivity index (χ3n) is 3.58. The van der Waals surface area contributed by atoms with Crippen LogP contribution >= 0.6 is 15.9 Å². The molecule has 0 N–H and O–H groups in total. The van der Waals surface area contributed by atoms with E-state index in [9.17, 15) is 0 Å². The summed E-state index contributed by atoms with van der Waals surface area (Å²) in [7, 11) is 0. The largest absolute Gasteiger partial charge is 0.493 e. The number of hydrogen-bond donors (Lipinski definition) is 0. The minimum absolute atomic E-state index is 0.197. The van der Waals surface area contributed by atoms with Crippen LogP contribution in [0.3, 0.4) is 0 Å². The summed E-state index contributed by atoms with van der Waals surface area (Å²) in [6, 6.07) is 8.48. The Hall–Kier alpha value is -0.500. The van der Waals surface area contributed by atoms with Crippen LogP contribution in [0.5, 0.6) is 5.75 Å². The Balaban J connectivity index is 2.64. The normalized spacial score (nSPS) is 14.3. The van der Waals surface area contributed by atoms with Gasteiger partial charge in [-0.1, -0.05) is 69.6 Å². The number of benzene rings is 1. The van der Waals surface area contributed by atoms with E-state index in [1.807, 2.05) is 0 Å². The lowest BCUT2D eigenvalue weighted by atomic mass is 9.83. The van der Waals surface area contributed by atoms with Gasteiger partial charge in [0.2, 0.25) is 0 Å². The molecule has 0 aliphatic heterocycles. The molecule has 0 radical (unpaired) electrons. The van der Waals surface area contributed by atoms with Crippen molar-refractivity contribution in [3.8, 4) is 5.75 Å². The lowest BCUT2D eigenvalue weighted by molar-refractivity contribution is 0.166. The molecular weight excluding hydrogens is 300 g/mol. The molecule has 1 nitrogen and oxygen atoms in total. The average molecular weight is 327 g/mol. The van der Waals surface area contributed by atoms with Crippen molar-refractivity contribution in [2.75, 3.05) is 11.9 Å². The minimum Gasteiger partial charge on any atom is -0.493 e. The molecule has 1 aromatic carbocycles. The van der Waals surface area contributed by atoms with E-state index in [2.05, 4.69) is 81.7 Å². The summed E-state index contributed by atoms with van der Waals surface area (Å²) in [5.74, 6) is 1.47. The number of halogens is 1. The van der Waals surface area contributed by atoms with Crippen LogP contribution in [-0.2, 0) is 5.41 Å². The maximum absolute atomic E-state index is 5.92. The Bertz CT molecular complexity index is 381. The topological polar surface area (TPSA) is 9.23 Å². The molecule has 1 atom stereocenters. The van der Waals surface area contributed by atoms with Gasteiger partial charge in [0.1, 0.15) is 5.75 Å². The van der Waals surface area contributed by atoms with Crippen LogP contribution < -0.4 is 4.74 Å². The number of rotatable bonds is 4. The monoisotopic (exact) mass is 326 g/mol. The molecular formula is C17H27BrO. The van der Waals surface area contributed by atoms with E-state index in [1.54, 1.807) is 0 Å². The fraction of sp³-hybridized carbons (Fsp3) is 0.647. The smallest absolute Gasteiger partial charge is 0.119 e.